The fraction of sp³-hybridized carbons (Fsp3) is 0.538. The quantitative estimate of drug-likeness (QED) is 0.880. The molecule has 5 nitrogen and oxygen atoms in total. The lowest BCUT2D eigenvalue weighted by Crippen LogP contribution is -2.15. The van der Waals surface area contributed by atoms with Crippen LogP contribution in [0.15, 0.2) is 23.0 Å². The van der Waals surface area contributed by atoms with Crippen LogP contribution in [-0.2, 0) is 13.0 Å². The van der Waals surface area contributed by atoms with Crippen molar-refractivity contribution in [2.24, 2.45) is 11.7 Å². The summed E-state index contributed by atoms with van der Waals surface area (Å²) in [5.41, 5.74) is 7.25. The van der Waals surface area contributed by atoms with E-state index in [0.717, 1.165) is 12.0 Å². The van der Waals surface area contributed by atoms with Crippen LogP contribution in [-0.4, -0.2) is 14.7 Å². The number of nitrogens with zero attached hydrogens (tertiary/aromatic N) is 3. The van der Waals surface area contributed by atoms with Gasteiger partial charge < -0.3 is 14.8 Å². The molecule has 0 amide bonds. The maximum Gasteiger partial charge on any atom is 0.226 e. The van der Waals surface area contributed by atoms with E-state index in [0.29, 0.717) is 24.2 Å². The van der Waals surface area contributed by atoms with E-state index in [4.69, 9.17) is 10.3 Å². The smallest absolute Gasteiger partial charge is 0.226 e. The molecule has 2 aromatic rings. The van der Waals surface area contributed by atoms with Crippen LogP contribution in [0.5, 0.6) is 0 Å². The van der Waals surface area contributed by atoms with Gasteiger partial charge in [-0.1, -0.05) is 25.9 Å². The zero-order valence-corrected chi connectivity index (χ0v) is 11.1. The Labute approximate surface area is 107 Å². The highest BCUT2D eigenvalue weighted by atomic mass is 16.5. The third-order valence-electron chi connectivity index (χ3n) is 3.01. The van der Waals surface area contributed by atoms with Gasteiger partial charge in [0.1, 0.15) is 0 Å². The molecule has 2 aromatic heterocycles. The van der Waals surface area contributed by atoms with Gasteiger partial charge in [0.15, 0.2) is 5.82 Å². The Kier molecular flexibility index (Phi) is 3.81. The van der Waals surface area contributed by atoms with Gasteiger partial charge in [-0.3, -0.25) is 0 Å². The average molecular weight is 248 g/mol. The van der Waals surface area contributed by atoms with Gasteiger partial charge in [-0.2, -0.15) is 4.98 Å². The number of nitrogens with two attached hydrogens (primary N) is 1. The Bertz CT molecular complexity index is 501. The maximum absolute atomic E-state index is 6.11. The standard InChI is InChI=1S/C13H20N4O/c1-4-12-15-11(16-18-12)8-17-6-5-10(7-17)13(14)9(2)3/h5-7,9,13H,4,8,14H2,1-3H3. The second-order valence-electron chi connectivity index (χ2n) is 4.84. The SMILES string of the molecule is CCc1nc(Cn2ccc(C(N)C(C)C)c2)no1. The number of aryl methyl sites for hydroxylation is 1. The Morgan fingerprint density at radius 1 is 1.44 bits per heavy atom. The summed E-state index contributed by atoms with van der Waals surface area (Å²) >= 11 is 0. The van der Waals surface area contributed by atoms with Gasteiger partial charge in [-0.15, -0.1) is 0 Å². The van der Waals surface area contributed by atoms with E-state index in [2.05, 4.69) is 24.0 Å². The Morgan fingerprint density at radius 3 is 2.83 bits per heavy atom. The van der Waals surface area contributed by atoms with E-state index >= 15 is 0 Å². The third kappa shape index (κ3) is 2.79. The largest absolute Gasteiger partial charge is 0.346 e. The van der Waals surface area contributed by atoms with Crippen molar-refractivity contribution >= 4 is 0 Å². The molecular formula is C13H20N4O. The summed E-state index contributed by atoms with van der Waals surface area (Å²) in [7, 11) is 0. The first-order chi connectivity index (χ1) is 8.60. The van der Waals surface area contributed by atoms with E-state index in [-0.39, 0.29) is 6.04 Å². The van der Waals surface area contributed by atoms with E-state index < -0.39 is 0 Å². The molecule has 0 bridgehead atoms. The van der Waals surface area contributed by atoms with Gasteiger partial charge in [-0.25, -0.2) is 0 Å². The second kappa shape index (κ2) is 5.35. The summed E-state index contributed by atoms with van der Waals surface area (Å²) in [4.78, 5) is 4.28. The summed E-state index contributed by atoms with van der Waals surface area (Å²) in [5, 5.41) is 3.93. The minimum absolute atomic E-state index is 0.0720. The normalized spacial score (nSPS) is 13.2. The molecule has 18 heavy (non-hydrogen) atoms. The molecule has 1 atom stereocenters. The fourth-order valence-electron chi connectivity index (χ4n) is 1.80. The van der Waals surface area contributed by atoms with Crippen molar-refractivity contribution in [3.05, 3.63) is 35.7 Å². The van der Waals surface area contributed by atoms with Gasteiger partial charge in [0.25, 0.3) is 0 Å². The molecular weight excluding hydrogens is 228 g/mol. The molecule has 0 fully saturated rings. The van der Waals surface area contributed by atoms with Crippen molar-refractivity contribution in [3.8, 4) is 0 Å². The van der Waals surface area contributed by atoms with Crippen LogP contribution in [0.1, 0.15) is 44.1 Å². The monoisotopic (exact) mass is 248 g/mol. The summed E-state index contributed by atoms with van der Waals surface area (Å²) in [6.07, 6.45) is 4.81. The first-order valence-electron chi connectivity index (χ1n) is 6.33. The van der Waals surface area contributed by atoms with Crippen LogP contribution < -0.4 is 5.73 Å². The second-order valence-corrected chi connectivity index (χ2v) is 4.84. The molecule has 0 radical (unpaired) electrons. The minimum Gasteiger partial charge on any atom is -0.346 e. The number of hydrogen-bond donors (Lipinski definition) is 1. The summed E-state index contributed by atoms with van der Waals surface area (Å²) in [6, 6.07) is 2.12. The van der Waals surface area contributed by atoms with E-state index in [1.54, 1.807) is 0 Å². The van der Waals surface area contributed by atoms with Crippen molar-refractivity contribution in [3.63, 3.8) is 0 Å². The topological polar surface area (TPSA) is 69.9 Å². The van der Waals surface area contributed by atoms with Crippen molar-refractivity contribution < 1.29 is 4.52 Å². The Hall–Kier alpha value is -1.62. The van der Waals surface area contributed by atoms with Crippen LogP contribution in [0.2, 0.25) is 0 Å². The van der Waals surface area contributed by atoms with Gasteiger partial charge in [0.05, 0.1) is 6.54 Å². The number of rotatable bonds is 5. The maximum atomic E-state index is 6.11. The summed E-state index contributed by atoms with van der Waals surface area (Å²) in [6.45, 7) is 6.85. The van der Waals surface area contributed by atoms with Crippen molar-refractivity contribution in [1.29, 1.82) is 0 Å². The van der Waals surface area contributed by atoms with Crippen LogP contribution in [0.25, 0.3) is 0 Å². The third-order valence-corrected chi connectivity index (χ3v) is 3.01. The predicted molar refractivity (Wildman–Crippen MR) is 69.0 cm³/mol. The van der Waals surface area contributed by atoms with Crippen LogP contribution >= 0.6 is 0 Å². The molecule has 2 rings (SSSR count). The summed E-state index contributed by atoms with van der Waals surface area (Å²) in [5.74, 6) is 1.81. The highest BCUT2D eigenvalue weighted by Gasteiger charge is 2.12. The van der Waals surface area contributed by atoms with E-state index in [1.165, 1.54) is 0 Å². The fourth-order valence-corrected chi connectivity index (χ4v) is 1.80. The van der Waals surface area contributed by atoms with Crippen LogP contribution in [0, 0.1) is 5.92 Å². The lowest BCUT2D eigenvalue weighted by atomic mass is 10.00. The first-order valence-corrected chi connectivity index (χ1v) is 6.33. The average Bonchev–Trinajstić information content (AvgIpc) is 2.97. The van der Waals surface area contributed by atoms with Gasteiger partial charge >= 0.3 is 0 Å². The molecule has 5 heteroatoms. The molecule has 0 aliphatic heterocycles. The molecule has 0 spiro atoms. The molecule has 2 N–H and O–H groups in total. The molecule has 0 aliphatic carbocycles. The molecule has 0 aromatic carbocycles. The Morgan fingerprint density at radius 2 is 2.22 bits per heavy atom. The predicted octanol–water partition coefficient (Wildman–Crippen LogP) is 2.14. The molecule has 0 saturated heterocycles. The highest BCUT2D eigenvalue weighted by Crippen LogP contribution is 2.19. The molecule has 0 aliphatic rings. The zero-order chi connectivity index (χ0) is 13.1. The van der Waals surface area contributed by atoms with Crippen molar-refractivity contribution in [2.75, 3.05) is 0 Å². The summed E-state index contributed by atoms with van der Waals surface area (Å²) < 4.78 is 7.11. The molecule has 0 saturated carbocycles. The lowest BCUT2D eigenvalue weighted by molar-refractivity contribution is 0.375. The van der Waals surface area contributed by atoms with Crippen molar-refractivity contribution in [1.82, 2.24) is 14.7 Å². The molecule has 98 valence electrons. The molecule has 1 unspecified atom stereocenters. The van der Waals surface area contributed by atoms with Gasteiger partial charge in [-0.05, 0) is 17.5 Å². The van der Waals surface area contributed by atoms with E-state index in [9.17, 15) is 0 Å². The van der Waals surface area contributed by atoms with Crippen LogP contribution in [0.3, 0.4) is 0 Å². The number of hydrogen-bond acceptors (Lipinski definition) is 4. The van der Waals surface area contributed by atoms with E-state index in [1.807, 2.05) is 30.0 Å². The van der Waals surface area contributed by atoms with Crippen molar-refractivity contribution in [2.45, 2.75) is 39.8 Å². The minimum atomic E-state index is 0.0720. The number of aromatic nitrogens is 3. The highest BCUT2D eigenvalue weighted by molar-refractivity contribution is 5.16. The molecule has 2 heterocycles. The van der Waals surface area contributed by atoms with Gasteiger partial charge in [0.2, 0.25) is 5.89 Å². The zero-order valence-electron chi connectivity index (χ0n) is 11.1. The Balaban J connectivity index is 2.06. The lowest BCUT2D eigenvalue weighted by Gasteiger charge is -2.13. The van der Waals surface area contributed by atoms with Crippen LogP contribution in [0.4, 0.5) is 0 Å². The first kappa shape index (κ1) is 12.8. The van der Waals surface area contributed by atoms with Gasteiger partial charge in [0, 0.05) is 24.9 Å².